The summed E-state index contributed by atoms with van der Waals surface area (Å²) in [6.07, 6.45) is 0. The van der Waals surface area contributed by atoms with E-state index in [2.05, 4.69) is 20.4 Å². The van der Waals surface area contributed by atoms with Gasteiger partial charge in [-0.1, -0.05) is 0 Å². The Morgan fingerprint density at radius 2 is 2.00 bits per heavy atom. The van der Waals surface area contributed by atoms with Crippen LogP contribution in [0.5, 0.6) is 0 Å². The van der Waals surface area contributed by atoms with Crippen LogP contribution in [0.25, 0.3) is 0 Å². The summed E-state index contributed by atoms with van der Waals surface area (Å²) in [7, 11) is 0. The molecule has 0 amide bonds. The van der Waals surface area contributed by atoms with E-state index in [0.29, 0.717) is 0 Å². The molecule has 1 aromatic rings. The van der Waals surface area contributed by atoms with Crippen molar-refractivity contribution in [2.24, 2.45) is 0 Å². The Labute approximate surface area is 99.1 Å². The average Bonchev–Trinajstić information content (AvgIpc) is 2.30. The Hall–Kier alpha value is -1.40. The molecule has 0 saturated carbocycles. The zero-order chi connectivity index (χ0) is 10.7. The number of carboxylic acid groups (broad SMARTS) is 1. The number of aromatic nitrogens is 2. The van der Waals surface area contributed by atoms with Crippen molar-refractivity contribution < 1.29 is 9.90 Å². The van der Waals surface area contributed by atoms with Crippen LogP contribution in [0.2, 0.25) is 0 Å². The summed E-state index contributed by atoms with van der Waals surface area (Å²) in [4.78, 5) is 12.6. The predicted octanol–water partition coefficient (Wildman–Crippen LogP) is 0.00620. The molecule has 1 aliphatic heterocycles. The van der Waals surface area contributed by atoms with Gasteiger partial charge in [-0.25, -0.2) is 4.79 Å². The fourth-order valence-electron chi connectivity index (χ4n) is 1.50. The monoisotopic (exact) mass is 244 g/mol. The van der Waals surface area contributed by atoms with Crippen LogP contribution in [0.1, 0.15) is 10.5 Å². The fraction of sp³-hybridized carbons (Fsp3) is 0.444. The van der Waals surface area contributed by atoms with Gasteiger partial charge in [0.25, 0.3) is 0 Å². The van der Waals surface area contributed by atoms with Gasteiger partial charge in [-0.2, -0.15) is 0 Å². The number of piperazine rings is 1. The van der Waals surface area contributed by atoms with E-state index < -0.39 is 5.97 Å². The number of hydrogen-bond donors (Lipinski definition) is 2. The van der Waals surface area contributed by atoms with Gasteiger partial charge in [0.1, 0.15) is 0 Å². The van der Waals surface area contributed by atoms with Gasteiger partial charge >= 0.3 is 5.97 Å². The number of nitrogens with one attached hydrogen (secondary N) is 1. The third kappa shape index (κ3) is 2.80. The van der Waals surface area contributed by atoms with Crippen molar-refractivity contribution in [2.45, 2.75) is 0 Å². The van der Waals surface area contributed by atoms with Crippen LogP contribution in [0, 0.1) is 0 Å². The van der Waals surface area contributed by atoms with Gasteiger partial charge < -0.3 is 15.3 Å². The molecule has 0 spiro atoms. The molecule has 2 N–H and O–H groups in total. The van der Waals surface area contributed by atoms with Crippen molar-refractivity contribution in [2.75, 3.05) is 31.1 Å². The lowest BCUT2D eigenvalue weighted by Crippen LogP contribution is -2.44. The quantitative estimate of drug-likeness (QED) is 0.763. The van der Waals surface area contributed by atoms with Crippen LogP contribution in [0.4, 0.5) is 5.82 Å². The molecule has 1 aromatic heterocycles. The molecular formula is C9H13ClN4O2. The van der Waals surface area contributed by atoms with Gasteiger partial charge in [0.15, 0.2) is 11.5 Å². The summed E-state index contributed by atoms with van der Waals surface area (Å²) in [6, 6.07) is 3.18. The maximum absolute atomic E-state index is 10.6. The van der Waals surface area contributed by atoms with Gasteiger partial charge in [0.05, 0.1) is 0 Å². The number of carboxylic acids is 1. The maximum atomic E-state index is 10.6. The number of rotatable bonds is 2. The average molecular weight is 245 g/mol. The normalized spacial score (nSPS) is 15.4. The fourth-order valence-corrected chi connectivity index (χ4v) is 1.50. The van der Waals surface area contributed by atoms with Gasteiger partial charge in [0.2, 0.25) is 0 Å². The number of carbonyl (C=O) groups is 1. The highest BCUT2D eigenvalue weighted by Crippen LogP contribution is 2.09. The zero-order valence-corrected chi connectivity index (χ0v) is 9.40. The standard InChI is InChI=1S/C9H12N4O2.ClH/c14-9(15)7-1-2-8(12-11-7)13-5-3-10-4-6-13;/h1-2,10H,3-6H2,(H,14,15);1H. The third-order valence-electron chi connectivity index (χ3n) is 2.31. The molecule has 2 rings (SSSR count). The molecule has 0 unspecified atom stereocenters. The van der Waals surface area contributed by atoms with Gasteiger partial charge in [-0.05, 0) is 12.1 Å². The van der Waals surface area contributed by atoms with Crippen LogP contribution >= 0.6 is 12.4 Å². The number of nitrogens with zero attached hydrogens (tertiary/aromatic N) is 3. The summed E-state index contributed by atoms with van der Waals surface area (Å²) in [5.41, 5.74) is -0.0196. The lowest BCUT2D eigenvalue weighted by Gasteiger charge is -2.27. The second-order valence-electron chi connectivity index (χ2n) is 3.32. The minimum absolute atomic E-state index is 0. The van der Waals surface area contributed by atoms with Crippen LogP contribution in [-0.4, -0.2) is 47.5 Å². The summed E-state index contributed by atoms with van der Waals surface area (Å²) >= 11 is 0. The first-order valence-corrected chi connectivity index (χ1v) is 4.80. The van der Waals surface area contributed by atoms with Crippen LogP contribution in [0.15, 0.2) is 12.1 Å². The first-order valence-electron chi connectivity index (χ1n) is 4.80. The molecule has 16 heavy (non-hydrogen) atoms. The van der Waals surface area contributed by atoms with Crippen molar-refractivity contribution in [1.29, 1.82) is 0 Å². The maximum Gasteiger partial charge on any atom is 0.356 e. The summed E-state index contributed by atoms with van der Waals surface area (Å²) in [5, 5.41) is 19.4. The first kappa shape index (κ1) is 12.7. The molecule has 0 aliphatic carbocycles. The topological polar surface area (TPSA) is 78.4 Å². The lowest BCUT2D eigenvalue weighted by molar-refractivity contribution is 0.0689. The minimum Gasteiger partial charge on any atom is -0.476 e. The molecule has 88 valence electrons. The molecular weight excluding hydrogens is 232 g/mol. The number of hydrogen-bond acceptors (Lipinski definition) is 5. The predicted molar refractivity (Wildman–Crippen MR) is 61.3 cm³/mol. The Morgan fingerprint density at radius 1 is 1.31 bits per heavy atom. The van der Waals surface area contributed by atoms with Crippen molar-refractivity contribution >= 4 is 24.2 Å². The van der Waals surface area contributed by atoms with Crippen LogP contribution in [0.3, 0.4) is 0 Å². The second-order valence-corrected chi connectivity index (χ2v) is 3.32. The summed E-state index contributed by atoms with van der Waals surface area (Å²) < 4.78 is 0. The Bertz CT molecular complexity index is 351. The molecule has 0 aromatic carbocycles. The van der Waals surface area contributed by atoms with Crippen molar-refractivity contribution in [3.05, 3.63) is 17.8 Å². The van der Waals surface area contributed by atoms with Crippen molar-refractivity contribution in [1.82, 2.24) is 15.5 Å². The molecule has 0 bridgehead atoms. The second kappa shape index (κ2) is 5.62. The molecule has 2 heterocycles. The number of anilines is 1. The van der Waals surface area contributed by atoms with E-state index in [4.69, 9.17) is 5.11 Å². The van der Waals surface area contributed by atoms with E-state index in [1.165, 1.54) is 6.07 Å². The van der Waals surface area contributed by atoms with Crippen molar-refractivity contribution in [3.8, 4) is 0 Å². The molecule has 1 saturated heterocycles. The van der Waals surface area contributed by atoms with E-state index in [1.807, 2.05) is 0 Å². The van der Waals surface area contributed by atoms with E-state index in [9.17, 15) is 4.79 Å². The Balaban J connectivity index is 0.00000128. The van der Waals surface area contributed by atoms with Gasteiger partial charge in [-0.15, -0.1) is 22.6 Å². The first-order chi connectivity index (χ1) is 7.27. The SMILES string of the molecule is Cl.O=C(O)c1ccc(N2CCNCC2)nn1. The van der Waals surface area contributed by atoms with E-state index >= 15 is 0 Å². The highest BCUT2D eigenvalue weighted by molar-refractivity contribution is 5.85. The minimum atomic E-state index is -1.05. The molecule has 6 nitrogen and oxygen atoms in total. The molecule has 1 aliphatic rings. The zero-order valence-electron chi connectivity index (χ0n) is 8.59. The summed E-state index contributed by atoms with van der Waals surface area (Å²) in [5.74, 6) is -0.309. The Morgan fingerprint density at radius 3 is 2.50 bits per heavy atom. The van der Waals surface area contributed by atoms with Crippen LogP contribution in [-0.2, 0) is 0 Å². The largest absolute Gasteiger partial charge is 0.476 e. The molecule has 7 heteroatoms. The lowest BCUT2D eigenvalue weighted by atomic mass is 10.3. The number of halogens is 1. The molecule has 0 radical (unpaired) electrons. The summed E-state index contributed by atoms with van der Waals surface area (Å²) in [6.45, 7) is 3.59. The molecule has 0 atom stereocenters. The highest BCUT2D eigenvalue weighted by Gasteiger charge is 2.13. The van der Waals surface area contributed by atoms with Crippen LogP contribution < -0.4 is 10.2 Å². The van der Waals surface area contributed by atoms with Gasteiger partial charge in [0, 0.05) is 26.2 Å². The molecule has 1 fully saturated rings. The Kier molecular flexibility index (Phi) is 4.45. The highest BCUT2D eigenvalue weighted by atomic mass is 35.5. The van der Waals surface area contributed by atoms with E-state index in [-0.39, 0.29) is 18.1 Å². The third-order valence-corrected chi connectivity index (χ3v) is 2.31. The van der Waals surface area contributed by atoms with Gasteiger partial charge in [-0.3, -0.25) is 0 Å². The van der Waals surface area contributed by atoms with Crippen molar-refractivity contribution in [3.63, 3.8) is 0 Å². The number of aromatic carboxylic acids is 1. The van der Waals surface area contributed by atoms with E-state index in [0.717, 1.165) is 32.0 Å². The smallest absolute Gasteiger partial charge is 0.356 e. The van der Waals surface area contributed by atoms with E-state index in [1.54, 1.807) is 6.07 Å².